The topological polar surface area (TPSA) is 0 Å². The van der Waals surface area contributed by atoms with E-state index >= 15 is 0 Å². The Bertz CT molecular complexity index is 326. The molecular weight excluding hydrogens is 228 g/mol. The van der Waals surface area contributed by atoms with Crippen molar-refractivity contribution >= 4 is 0 Å². The van der Waals surface area contributed by atoms with Crippen LogP contribution in [0.15, 0.2) is 48.6 Å². The van der Waals surface area contributed by atoms with Crippen molar-refractivity contribution in [2.24, 2.45) is 5.41 Å². The van der Waals surface area contributed by atoms with Crippen LogP contribution in [0.25, 0.3) is 0 Å². The van der Waals surface area contributed by atoms with Crippen LogP contribution in [-0.4, -0.2) is 0 Å². The minimum atomic E-state index is 0.268. The maximum absolute atomic E-state index is 4.32. The number of hydrogen-bond acceptors (Lipinski definition) is 0. The van der Waals surface area contributed by atoms with E-state index in [0.717, 1.165) is 12.8 Å². The Morgan fingerprint density at radius 3 is 2.37 bits per heavy atom. The fraction of sp³-hybridized carbons (Fsp3) is 0.579. The van der Waals surface area contributed by atoms with Gasteiger partial charge in [-0.3, -0.25) is 0 Å². The van der Waals surface area contributed by atoms with Gasteiger partial charge in [0.05, 0.1) is 0 Å². The van der Waals surface area contributed by atoms with Crippen molar-refractivity contribution in [2.75, 3.05) is 0 Å². The van der Waals surface area contributed by atoms with Gasteiger partial charge in [-0.25, -0.2) is 0 Å². The lowest BCUT2D eigenvalue weighted by Crippen LogP contribution is -2.14. The van der Waals surface area contributed by atoms with Gasteiger partial charge < -0.3 is 0 Å². The maximum atomic E-state index is 4.32. The van der Waals surface area contributed by atoms with Crippen LogP contribution in [0, 0.1) is 5.41 Å². The molecule has 0 rings (SSSR count). The van der Waals surface area contributed by atoms with E-state index in [1.54, 1.807) is 0 Å². The van der Waals surface area contributed by atoms with E-state index in [-0.39, 0.29) is 5.41 Å². The molecule has 0 saturated heterocycles. The highest BCUT2D eigenvalue weighted by Crippen LogP contribution is 2.34. The van der Waals surface area contributed by atoms with Gasteiger partial charge in [0.15, 0.2) is 0 Å². The molecule has 0 aliphatic carbocycles. The van der Waals surface area contributed by atoms with Gasteiger partial charge in [-0.2, -0.15) is 0 Å². The van der Waals surface area contributed by atoms with Crippen LogP contribution in [0.2, 0.25) is 0 Å². The van der Waals surface area contributed by atoms with Crippen LogP contribution in [0.4, 0.5) is 0 Å². The average Bonchev–Trinajstić information content (AvgIpc) is 2.36. The molecule has 0 amide bonds. The number of rotatable bonds is 10. The van der Waals surface area contributed by atoms with E-state index < -0.39 is 0 Å². The second kappa shape index (κ2) is 9.83. The van der Waals surface area contributed by atoms with Crippen molar-refractivity contribution in [1.29, 1.82) is 0 Å². The Labute approximate surface area is 121 Å². The molecule has 0 N–H and O–H groups in total. The summed E-state index contributed by atoms with van der Waals surface area (Å²) in [6, 6.07) is 0. The van der Waals surface area contributed by atoms with Crippen LogP contribution in [0.3, 0.4) is 0 Å². The van der Waals surface area contributed by atoms with Crippen molar-refractivity contribution in [1.82, 2.24) is 0 Å². The first kappa shape index (κ1) is 18.0. The molecule has 0 bridgehead atoms. The third-order valence-electron chi connectivity index (χ3n) is 3.79. The molecule has 0 aliphatic rings. The molecular formula is C19H32. The molecule has 0 unspecified atom stereocenters. The highest BCUT2D eigenvalue weighted by atomic mass is 14.3. The molecule has 108 valence electrons. The first-order chi connectivity index (χ1) is 8.97. The summed E-state index contributed by atoms with van der Waals surface area (Å²) in [5.74, 6) is 0. The van der Waals surface area contributed by atoms with E-state index in [1.807, 2.05) is 6.08 Å². The molecule has 0 aliphatic heterocycles. The van der Waals surface area contributed by atoms with Crippen LogP contribution in [0.1, 0.15) is 66.2 Å². The van der Waals surface area contributed by atoms with Gasteiger partial charge in [-0.15, -0.1) is 0 Å². The van der Waals surface area contributed by atoms with Crippen molar-refractivity contribution in [3.8, 4) is 0 Å². The van der Waals surface area contributed by atoms with Gasteiger partial charge in [0.1, 0.15) is 0 Å². The Balaban J connectivity index is 4.34. The Kier molecular flexibility index (Phi) is 9.30. The van der Waals surface area contributed by atoms with Crippen LogP contribution < -0.4 is 0 Å². The molecule has 0 fully saturated rings. The monoisotopic (exact) mass is 260 g/mol. The zero-order valence-corrected chi connectivity index (χ0v) is 13.5. The summed E-state index contributed by atoms with van der Waals surface area (Å²) in [5, 5.41) is 0. The minimum absolute atomic E-state index is 0.268. The maximum Gasteiger partial charge on any atom is -0.0147 e. The lowest BCUT2D eigenvalue weighted by Gasteiger charge is -2.27. The van der Waals surface area contributed by atoms with Gasteiger partial charge in [0.25, 0.3) is 0 Å². The summed E-state index contributed by atoms with van der Waals surface area (Å²) in [4.78, 5) is 0. The standard InChI is InChI=1S/C19H32/c1-7-10-11-16-19(5,6)17(4)14-15-18(12-8-2)13-9-3/h8-9,12-13H,2,4,7,10-11,14-16H2,1,3,5-6H3/b13-9-,18-12+. The predicted octanol–water partition coefficient (Wildman–Crippen LogP) is 6.62. The van der Waals surface area contributed by atoms with Crippen molar-refractivity contribution in [2.45, 2.75) is 66.2 Å². The third kappa shape index (κ3) is 7.87. The second-order valence-electron chi connectivity index (χ2n) is 5.92. The van der Waals surface area contributed by atoms with Gasteiger partial charge in [0, 0.05) is 0 Å². The normalized spacial score (nSPS) is 12.9. The van der Waals surface area contributed by atoms with E-state index in [0.29, 0.717) is 0 Å². The molecule has 0 aromatic heterocycles. The first-order valence-corrected chi connectivity index (χ1v) is 7.60. The van der Waals surface area contributed by atoms with E-state index in [2.05, 4.69) is 59.1 Å². The van der Waals surface area contributed by atoms with Crippen LogP contribution in [-0.2, 0) is 0 Å². The average molecular weight is 260 g/mol. The van der Waals surface area contributed by atoms with Gasteiger partial charge >= 0.3 is 0 Å². The van der Waals surface area contributed by atoms with Crippen molar-refractivity contribution in [3.05, 3.63) is 48.6 Å². The molecule has 19 heavy (non-hydrogen) atoms. The van der Waals surface area contributed by atoms with E-state index in [4.69, 9.17) is 0 Å². The van der Waals surface area contributed by atoms with Crippen molar-refractivity contribution < 1.29 is 0 Å². The number of hydrogen-bond donors (Lipinski definition) is 0. The van der Waals surface area contributed by atoms with Gasteiger partial charge in [-0.05, 0) is 37.2 Å². The molecule has 0 spiro atoms. The fourth-order valence-electron chi connectivity index (χ4n) is 2.22. The molecule has 0 aromatic carbocycles. The second-order valence-corrected chi connectivity index (χ2v) is 5.92. The lowest BCUT2D eigenvalue weighted by atomic mass is 9.78. The minimum Gasteiger partial charge on any atom is -0.0993 e. The third-order valence-corrected chi connectivity index (χ3v) is 3.79. The molecule has 0 atom stereocenters. The summed E-state index contributed by atoms with van der Waals surface area (Å²) in [5.41, 5.74) is 2.98. The van der Waals surface area contributed by atoms with Gasteiger partial charge in [0.2, 0.25) is 0 Å². The Morgan fingerprint density at radius 2 is 1.84 bits per heavy atom. The highest BCUT2D eigenvalue weighted by molar-refractivity contribution is 5.24. The van der Waals surface area contributed by atoms with E-state index in [1.165, 1.54) is 36.8 Å². The molecule has 0 radical (unpaired) electrons. The highest BCUT2D eigenvalue weighted by Gasteiger charge is 2.20. The predicted molar refractivity (Wildman–Crippen MR) is 89.4 cm³/mol. The number of unbranched alkanes of at least 4 members (excludes halogenated alkanes) is 2. The Morgan fingerprint density at radius 1 is 1.16 bits per heavy atom. The summed E-state index contributed by atoms with van der Waals surface area (Å²) >= 11 is 0. The molecule has 0 aromatic rings. The van der Waals surface area contributed by atoms with Crippen LogP contribution >= 0.6 is 0 Å². The molecule has 0 saturated carbocycles. The molecule has 0 heteroatoms. The summed E-state index contributed by atoms with van der Waals surface area (Å²) in [6.45, 7) is 17.1. The number of allylic oxidation sites excluding steroid dienone is 6. The summed E-state index contributed by atoms with van der Waals surface area (Å²) < 4.78 is 0. The Hall–Kier alpha value is -1.04. The van der Waals surface area contributed by atoms with E-state index in [9.17, 15) is 0 Å². The quantitative estimate of drug-likeness (QED) is 0.235. The summed E-state index contributed by atoms with van der Waals surface area (Å²) in [7, 11) is 0. The van der Waals surface area contributed by atoms with Crippen LogP contribution in [0.5, 0.6) is 0 Å². The smallest absolute Gasteiger partial charge is 0.0147 e. The molecule has 0 heterocycles. The SMILES string of the molecule is C=C/C=C(\C=C/C)CCC(=C)C(C)(C)CCCCC. The summed E-state index contributed by atoms with van der Waals surface area (Å²) in [6.07, 6.45) is 15.5. The molecule has 0 nitrogen and oxygen atoms in total. The lowest BCUT2D eigenvalue weighted by molar-refractivity contribution is 0.376. The fourth-order valence-corrected chi connectivity index (χ4v) is 2.22. The first-order valence-electron chi connectivity index (χ1n) is 7.60. The van der Waals surface area contributed by atoms with Crippen molar-refractivity contribution in [3.63, 3.8) is 0 Å². The zero-order valence-electron chi connectivity index (χ0n) is 13.5. The largest absolute Gasteiger partial charge is 0.0993 e. The van der Waals surface area contributed by atoms with Gasteiger partial charge in [-0.1, -0.05) is 83.1 Å². The zero-order chi connectivity index (χ0) is 14.7.